The van der Waals surface area contributed by atoms with Gasteiger partial charge in [-0.1, -0.05) is 46.6 Å². The van der Waals surface area contributed by atoms with E-state index in [1.807, 2.05) is 0 Å². The summed E-state index contributed by atoms with van der Waals surface area (Å²) in [6.07, 6.45) is 0. The van der Waals surface area contributed by atoms with E-state index in [0.29, 0.717) is 10.6 Å². The number of anilines is 1. The van der Waals surface area contributed by atoms with Crippen LogP contribution < -0.4 is 5.32 Å². The number of rotatable bonds is 5. The summed E-state index contributed by atoms with van der Waals surface area (Å²) in [4.78, 5) is 12.1. The van der Waals surface area contributed by atoms with Crippen molar-refractivity contribution in [3.8, 4) is 11.5 Å². The molecule has 0 atom stereocenters. The molecular formula is C16H9Cl3FN3O2S. The Bertz CT molecular complexity index is 927. The van der Waals surface area contributed by atoms with Crippen molar-refractivity contribution < 1.29 is 13.6 Å². The number of halogens is 4. The Morgan fingerprint density at radius 1 is 1.12 bits per heavy atom. The van der Waals surface area contributed by atoms with Gasteiger partial charge >= 0.3 is 0 Å². The monoisotopic (exact) mass is 431 g/mol. The molecule has 0 bridgehead atoms. The average molecular weight is 433 g/mol. The fourth-order valence-electron chi connectivity index (χ4n) is 1.94. The number of nitrogens with one attached hydrogen (secondary N) is 1. The summed E-state index contributed by atoms with van der Waals surface area (Å²) in [7, 11) is 0. The molecule has 0 aliphatic carbocycles. The third-order valence-electron chi connectivity index (χ3n) is 3.10. The summed E-state index contributed by atoms with van der Waals surface area (Å²) in [5, 5.41) is 11.4. The third-order valence-corrected chi connectivity index (χ3v) is 4.73. The average Bonchev–Trinajstić information content (AvgIpc) is 3.06. The van der Waals surface area contributed by atoms with E-state index >= 15 is 0 Å². The molecule has 26 heavy (non-hydrogen) atoms. The Balaban J connectivity index is 1.61. The van der Waals surface area contributed by atoms with Crippen molar-refractivity contribution in [3.63, 3.8) is 0 Å². The van der Waals surface area contributed by atoms with Crippen LogP contribution in [0.15, 0.2) is 46.0 Å². The number of nitrogens with zero attached hydrogens (tertiary/aromatic N) is 2. The second-order valence-corrected chi connectivity index (χ2v) is 7.14. The first kappa shape index (κ1) is 19.0. The number of carbonyl (C=O) groups excluding carboxylic acids is 1. The molecule has 1 amide bonds. The minimum absolute atomic E-state index is 0.000333. The van der Waals surface area contributed by atoms with E-state index in [1.165, 1.54) is 36.4 Å². The maximum atomic E-state index is 12.9. The predicted octanol–water partition coefficient (Wildman–Crippen LogP) is 5.57. The van der Waals surface area contributed by atoms with Gasteiger partial charge in [0.05, 0.1) is 21.5 Å². The second-order valence-electron chi connectivity index (χ2n) is 4.96. The molecule has 2 aromatic carbocycles. The molecule has 0 aliphatic heterocycles. The van der Waals surface area contributed by atoms with E-state index in [2.05, 4.69) is 15.5 Å². The number of aromatic nitrogens is 2. The van der Waals surface area contributed by atoms with Gasteiger partial charge in [-0.05, 0) is 36.4 Å². The molecule has 3 aromatic rings. The van der Waals surface area contributed by atoms with Crippen LogP contribution in [0, 0.1) is 5.82 Å². The lowest BCUT2D eigenvalue weighted by Crippen LogP contribution is -2.14. The molecule has 0 unspecified atom stereocenters. The molecule has 0 saturated carbocycles. The molecule has 1 N–H and O–H groups in total. The lowest BCUT2D eigenvalue weighted by molar-refractivity contribution is -0.113. The Hall–Kier alpha value is -1.80. The topological polar surface area (TPSA) is 68.0 Å². The van der Waals surface area contributed by atoms with E-state index < -0.39 is 0 Å². The first-order chi connectivity index (χ1) is 12.4. The Labute approximate surface area is 166 Å². The fourth-order valence-corrected chi connectivity index (χ4v) is 3.42. The van der Waals surface area contributed by atoms with Gasteiger partial charge in [-0.3, -0.25) is 4.79 Å². The van der Waals surface area contributed by atoms with Gasteiger partial charge < -0.3 is 9.73 Å². The summed E-state index contributed by atoms with van der Waals surface area (Å²) < 4.78 is 18.4. The van der Waals surface area contributed by atoms with Crippen LogP contribution in [0.2, 0.25) is 15.1 Å². The number of benzene rings is 2. The van der Waals surface area contributed by atoms with Crippen molar-refractivity contribution in [2.45, 2.75) is 5.22 Å². The van der Waals surface area contributed by atoms with Crippen LogP contribution in [0.4, 0.5) is 10.1 Å². The van der Waals surface area contributed by atoms with Crippen molar-refractivity contribution in [2.75, 3.05) is 11.1 Å². The Morgan fingerprint density at radius 2 is 1.77 bits per heavy atom. The van der Waals surface area contributed by atoms with Gasteiger partial charge in [0.1, 0.15) is 5.82 Å². The smallest absolute Gasteiger partial charge is 0.277 e. The molecule has 1 heterocycles. The van der Waals surface area contributed by atoms with Crippen LogP contribution in [0.1, 0.15) is 0 Å². The Morgan fingerprint density at radius 3 is 2.42 bits per heavy atom. The van der Waals surface area contributed by atoms with Crippen molar-refractivity contribution in [3.05, 3.63) is 57.3 Å². The number of amides is 1. The Kier molecular flexibility index (Phi) is 6.03. The SMILES string of the molecule is O=C(CSc1nnc(-c2ccc(F)cc2)o1)Nc1c(Cl)cc(Cl)cc1Cl. The number of thioether (sulfide) groups is 1. The molecule has 0 spiro atoms. The maximum Gasteiger partial charge on any atom is 0.277 e. The van der Waals surface area contributed by atoms with Crippen LogP contribution in [0.3, 0.4) is 0 Å². The quantitative estimate of drug-likeness (QED) is 0.534. The third kappa shape index (κ3) is 4.67. The van der Waals surface area contributed by atoms with Crippen molar-refractivity contribution in [2.24, 2.45) is 0 Å². The van der Waals surface area contributed by atoms with E-state index in [9.17, 15) is 9.18 Å². The van der Waals surface area contributed by atoms with Crippen molar-refractivity contribution in [1.29, 1.82) is 0 Å². The van der Waals surface area contributed by atoms with E-state index in [4.69, 9.17) is 39.2 Å². The van der Waals surface area contributed by atoms with Gasteiger partial charge in [0, 0.05) is 10.6 Å². The highest BCUT2D eigenvalue weighted by Crippen LogP contribution is 2.34. The summed E-state index contributed by atoms with van der Waals surface area (Å²) in [6.45, 7) is 0. The van der Waals surface area contributed by atoms with Gasteiger partial charge in [0.25, 0.3) is 5.22 Å². The first-order valence-corrected chi connectivity index (χ1v) is 9.21. The molecular weight excluding hydrogens is 424 g/mol. The summed E-state index contributed by atoms with van der Waals surface area (Å²) in [6, 6.07) is 8.58. The van der Waals surface area contributed by atoms with E-state index in [0.717, 1.165) is 11.8 Å². The maximum absolute atomic E-state index is 12.9. The zero-order valence-electron chi connectivity index (χ0n) is 12.8. The molecule has 0 aliphatic rings. The van der Waals surface area contributed by atoms with Gasteiger partial charge in [-0.25, -0.2) is 4.39 Å². The number of carbonyl (C=O) groups is 1. The van der Waals surface area contributed by atoms with Gasteiger partial charge in [0.15, 0.2) is 0 Å². The molecule has 3 rings (SSSR count). The second kappa shape index (κ2) is 8.26. The molecule has 1 aromatic heterocycles. The highest BCUT2D eigenvalue weighted by Gasteiger charge is 2.14. The van der Waals surface area contributed by atoms with E-state index in [-0.39, 0.29) is 44.3 Å². The lowest BCUT2D eigenvalue weighted by Gasteiger charge is -2.09. The highest BCUT2D eigenvalue weighted by atomic mass is 35.5. The standard InChI is InChI=1S/C16H9Cl3FN3O2S/c17-9-5-11(18)14(12(19)6-9)21-13(24)7-26-16-23-22-15(25-16)8-1-3-10(20)4-2-8/h1-6H,7H2,(H,21,24). The molecule has 0 saturated heterocycles. The van der Waals surface area contributed by atoms with Gasteiger partial charge in [0.2, 0.25) is 11.8 Å². The molecule has 0 radical (unpaired) electrons. The molecule has 10 heteroatoms. The zero-order valence-corrected chi connectivity index (χ0v) is 15.9. The largest absolute Gasteiger partial charge is 0.411 e. The summed E-state index contributed by atoms with van der Waals surface area (Å²) in [5.41, 5.74) is 0.857. The van der Waals surface area contributed by atoms with Gasteiger partial charge in [-0.15, -0.1) is 10.2 Å². The van der Waals surface area contributed by atoms with Crippen LogP contribution in [-0.2, 0) is 4.79 Å². The predicted molar refractivity (Wildman–Crippen MR) is 101 cm³/mol. The molecule has 0 fully saturated rings. The highest BCUT2D eigenvalue weighted by molar-refractivity contribution is 7.99. The molecule has 134 valence electrons. The fraction of sp³-hybridized carbons (Fsp3) is 0.0625. The minimum Gasteiger partial charge on any atom is -0.411 e. The van der Waals surface area contributed by atoms with Crippen molar-refractivity contribution >= 4 is 58.2 Å². The molecule has 5 nitrogen and oxygen atoms in total. The minimum atomic E-state index is -0.362. The van der Waals surface area contributed by atoms with Crippen molar-refractivity contribution in [1.82, 2.24) is 10.2 Å². The van der Waals surface area contributed by atoms with E-state index in [1.54, 1.807) is 0 Å². The summed E-state index contributed by atoms with van der Waals surface area (Å²) in [5.74, 6) is -0.487. The summed E-state index contributed by atoms with van der Waals surface area (Å²) >= 11 is 18.9. The number of hydrogen-bond donors (Lipinski definition) is 1. The lowest BCUT2D eigenvalue weighted by atomic mass is 10.2. The van der Waals surface area contributed by atoms with Crippen LogP contribution in [0.5, 0.6) is 0 Å². The van der Waals surface area contributed by atoms with Gasteiger partial charge in [-0.2, -0.15) is 0 Å². The normalized spacial score (nSPS) is 10.8. The number of hydrogen-bond acceptors (Lipinski definition) is 5. The van der Waals surface area contributed by atoms with Crippen LogP contribution in [0.25, 0.3) is 11.5 Å². The first-order valence-electron chi connectivity index (χ1n) is 7.09. The zero-order chi connectivity index (χ0) is 18.7. The van der Waals surface area contributed by atoms with Crippen LogP contribution in [-0.4, -0.2) is 21.9 Å². The van der Waals surface area contributed by atoms with Crippen LogP contribution >= 0.6 is 46.6 Å².